The summed E-state index contributed by atoms with van der Waals surface area (Å²) in [7, 11) is 0. The molecule has 2 aromatic rings. The average molecular weight is 281 g/mol. The summed E-state index contributed by atoms with van der Waals surface area (Å²) in [6.45, 7) is 4.32. The van der Waals surface area contributed by atoms with E-state index in [0.717, 1.165) is 35.2 Å². The van der Waals surface area contributed by atoms with E-state index in [2.05, 4.69) is 24.9 Å². The average Bonchev–Trinajstić information content (AvgIpc) is 2.54. The van der Waals surface area contributed by atoms with Crippen LogP contribution in [0.25, 0.3) is 10.9 Å². The van der Waals surface area contributed by atoms with Crippen LogP contribution in [0, 0.1) is 18.8 Å². The van der Waals surface area contributed by atoms with Gasteiger partial charge >= 0.3 is 0 Å². The van der Waals surface area contributed by atoms with Gasteiger partial charge in [0.1, 0.15) is 5.69 Å². The number of rotatable bonds is 3. The lowest BCUT2D eigenvalue weighted by molar-refractivity contribution is 0.0866. The number of ketones is 1. The molecule has 1 saturated carbocycles. The highest BCUT2D eigenvalue weighted by atomic mass is 16.1. The molecule has 110 valence electrons. The van der Waals surface area contributed by atoms with E-state index in [1.54, 1.807) is 0 Å². The van der Waals surface area contributed by atoms with Gasteiger partial charge in [-0.3, -0.25) is 4.79 Å². The number of fused-ring (bicyclic) bond motifs is 1. The number of pyridine rings is 1. The Labute approximate surface area is 126 Å². The fourth-order valence-electron chi connectivity index (χ4n) is 3.52. The summed E-state index contributed by atoms with van der Waals surface area (Å²) < 4.78 is 0. The van der Waals surface area contributed by atoms with Crippen molar-refractivity contribution >= 4 is 16.7 Å². The number of Topliss-reactive ketones (excluding diaryl/α,β-unsaturated/α-hetero) is 1. The molecule has 2 heteroatoms. The minimum atomic E-state index is 0.181. The van der Waals surface area contributed by atoms with Gasteiger partial charge in [0.25, 0.3) is 0 Å². The molecule has 3 rings (SSSR count). The molecule has 2 nitrogen and oxygen atoms in total. The first-order valence-corrected chi connectivity index (χ1v) is 8.09. The highest BCUT2D eigenvalue weighted by molar-refractivity contribution is 5.98. The Hall–Kier alpha value is -1.70. The monoisotopic (exact) mass is 281 g/mol. The van der Waals surface area contributed by atoms with Crippen LogP contribution in [0.3, 0.4) is 0 Å². The molecule has 0 saturated heterocycles. The number of benzene rings is 1. The van der Waals surface area contributed by atoms with E-state index >= 15 is 0 Å². The standard InChI is InChI=1S/C19H23NO/c1-3-14-8-10-15(11-9-14)19(21)18-12-13(2)16-6-4-5-7-17(16)20-18/h4-7,12,14-15H,3,8-11H2,1-2H3. The van der Waals surface area contributed by atoms with E-state index in [-0.39, 0.29) is 11.7 Å². The van der Waals surface area contributed by atoms with E-state index in [4.69, 9.17) is 0 Å². The predicted molar refractivity (Wildman–Crippen MR) is 86.5 cm³/mol. The number of aryl methyl sites for hydroxylation is 1. The minimum absolute atomic E-state index is 0.181. The van der Waals surface area contributed by atoms with Crippen molar-refractivity contribution in [2.75, 3.05) is 0 Å². The van der Waals surface area contributed by atoms with E-state index < -0.39 is 0 Å². The van der Waals surface area contributed by atoms with Crippen molar-refractivity contribution in [1.82, 2.24) is 4.98 Å². The van der Waals surface area contributed by atoms with Gasteiger partial charge in [-0.05, 0) is 56.2 Å². The summed E-state index contributed by atoms with van der Waals surface area (Å²) in [6, 6.07) is 10.0. The van der Waals surface area contributed by atoms with Crippen LogP contribution in [-0.4, -0.2) is 10.8 Å². The van der Waals surface area contributed by atoms with Crippen molar-refractivity contribution < 1.29 is 4.79 Å². The zero-order valence-electron chi connectivity index (χ0n) is 12.9. The third-order valence-corrected chi connectivity index (χ3v) is 4.97. The molecule has 0 unspecified atom stereocenters. The van der Waals surface area contributed by atoms with Crippen molar-refractivity contribution in [3.05, 3.63) is 41.6 Å². The molecule has 1 aliphatic rings. The number of aromatic nitrogens is 1. The molecule has 1 aromatic heterocycles. The lowest BCUT2D eigenvalue weighted by Gasteiger charge is -2.26. The summed E-state index contributed by atoms with van der Waals surface area (Å²) in [5.41, 5.74) is 2.74. The molecule has 1 aromatic carbocycles. The summed E-state index contributed by atoms with van der Waals surface area (Å²) in [4.78, 5) is 17.3. The lowest BCUT2D eigenvalue weighted by atomic mass is 9.78. The maximum atomic E-state index is 12.7. The maximum Gasteiger partial charge on any atom is 0.184 e. The van der Waals surface area contributed by atoms with E-state index in [0.29, 0.717) is 5.69 Å². The lowest BCUT2D eigenvalue weighted by Crippen LogP contribution is -2.22. The van der Waals surface area contributed by atoms with Crippen LogP contribution >= 0.6 is 0 Å². The molecular formula is C19H23NO. The highest BCUT2D eigenvalue weighted by Gasteiger charge is 2.27. The fraction of sp³-hybridized carbons (Fsp3) is 0.474. The number of hydrogen-bond acceptors (Lipinski definition) is 2. The second-order valence-electron chi connectivity index (χ2n) is 6.33. The van der Waals surface area contributed by atoms with Crippen LogP contribution < -0.4 is 0 Å². The van der Waals surface area contributed by atoms with Crippen molar-refractivity contribution in [3.63, 3.8) is 0 Å². The second-order valence-corrected chi connectivity index (χ2v) is 6.33. The van der Waals surface area contributed by atoms with Gasteiger partial charge in [-0.1, -0.05) is 31.5 Å². The smallest absolute Gasteiger partial charge is 0.184 e. The Morgan fingerprint density at radius 1 is 1.19 bits per heavy atom. The number of hydrogen-bond donors (Lipinski definition) is 0. The zero-order chi connectivity index (χ0) is 14.8. The van der Waals surface area contributed by atoms with Gasteiger partial charge in [0, 0.05) is 11.3 Å². The van der Waals surface area contributed by atoms with Crippen LogP contribution in [0.1, 0.15) is 55.1 Å². The Morgan fingerprint density at radius 3 is 2.62 bits per heavy atom. The van der Waals surface area contributed by atoms with Crippen molar-refractivity contribution in [1.29, 1.82) is 0 Å². The number of carbonyl (C=O) groups excluding carboxylic acids is 1. The van der Waals surface area contributed by atoms with Crippen molar-refractivity contribution in [2.45, 2.75) is 46.0 Å². The Morgan fingerprint density at radius 2 is 1.90 bits per heavy atom. The van der Waals surface area contributed by atoms with Gasteiger partial charge in [-0.15, -0.1) is 0 Å². The third kappa shape index (κ3) is 2.85. The van der Waals surface area contributed by atoms with Gasteiger partial charge in [0.2, 0.25) is 0 Å². The van der Waals surface area contributed by atoms with E-state index in [1.165, 1.54) is 19.3 Å². The third-order valence-electron chi connectivity index (χ3n) is 4.97. The van der Waals surface area contributed by atoms with E-state index in [1.807, 2.05) is 24.3 Å². The second kappa shape index (κ2) is 5.97. The summed E-state index contributed by atoms with van der Waals surface area (Å²) >= 11 is 0. The summed E-state index contributed by atoms with van der Waals surface area (Å²) in [5.74, 6) is 1.25. The minimum Gasteiger partial charge on any atom is -0.292 e. The van der Waals surface area contributed by atoms with Gasteiger partial charge in [0.15, 0.2) is 5.78 Å². The normalized spacial score (nSPS) is 22.4. The molecule has 1 heterocycles. The zero-order valence-corrected chi connectivity index (χ0v) is 12.9. The topological polar surface area (TPSA) is 30.0 Å². The largest absolute Gasteiger partial charge is 0.292 e. The van der Waals surface area contributed by atoms with Crippen LogP contribution in [0.5, 0.6) is 0 Å². The molecule has 0 radical (unpaired) electrons. The van der Waals surface area contributed by atoms with E-state index in [9.17, 15) is 4.79 Å². The summed E-state index contributed by atoms with van der Waals surface area (Å²) in [5, 5.41) is 1.14. The van der Waals surface area contributed by atoms with Gasteiger partial charge in [0.05, 0.1) is 5.52 Å². The Bertz CT molecular complexity index is 654. The SMILES string of the molecule is CCC1CCC(C(=O)c2cc(C)c3ccccc3n2)CC1. The molecule has 0 atom stereocenters. The van der Waals surface area contributed by atoms with Gasteiger partial charge in [-0.25, -0.2) is 4.98 Å². The Kier molecular flexibility index (Phi) is 4.05. The first kappa shape index (κ1) is 14.2. The van der Waals surface area contributed by atoms with Crippen molar-refractivity contribution in [3.8, 4) is 0 Å². The fourth-order valence-corrected chi connectivity index (χ4v) is 3.52. The van der Waals surface area contributed by atoms with Crippen LogP contribution in [0.2, 0.25) is 0 Å². The molecule has 0 bridgehead atoms. The quantitative estimate of drug-likeness (QED) is 0.746. The highest BCUT2D eigenvalue weighted by Crippen LogP contribution is 2.32. The summed E-state index contributed by atoms with van der Waals surface area (Å²) in [6.07, 6.45) is 5.70. The maximum absolute atomic E-state index is 12.7. The molecule has 21 heavy (non-hydrogen) atoms. The molecule has 0 N–H and O–H groups in total. The molecule has 0 aliphatic heterocycles. The van der Waals surface area contributed by atoms with Crippen molar-refractivity contribution in [2.24, 2.45) is 11.8 Å². The molecule has 1 aliphatic carbocycles. The predicted octanol–water partition coefficient (Wildman–Crippen LogP) is 4.94. The first-order chi connectivity index (χ1) is 10.2. The molecular weight excluding hydrogens is 258 g/mol. The number of para-hydroxylation sites is 1. The number of nitrogens with zero attached hydrogens (tertiary/aromatic N) is 1. The van der Waals surface area contributed by atoms with Crippen LogP contribution in [0.4, 0.5) is 0 Å². The van der Waals surface area contributed by atoms with Crippen LogP contribution in [0.15, 0.2) is 30.3 Å². The molecule has 1 fully saturated rings. The van der Waals surface area contributed by atoms with Gasteiger partial charge < -0.3 is 0 Å². The first-order valence-electron chi connectivity index (χ1n) is 8.09. The van der Waals surface area contributed by atoms with Crippen LogP contribution in [-0.2, 0) is 0 Å². The molecule has 0 spiro atoms. The molecule has 0 amide bonds. The Balaban J connectivity index is 1.85. The number of carbonyl (C=O) groups is 1. The van der Waals surface area contributed by atoms with Gasteiger partial charge in [-0.2, -0.15) is 0 Å².